The number of benzene rings is 3. The van der Waals surface area contributed by atoms with Crippen LogP contribution in [0.3, 0.4) is 0 Å². The smallest absolute Gasteiger partial charge is 0.328 e. The van der Waals surface area contributed by atoms with Crippen molar-refractivity contribution in [2.75, 3.05) is 11.9 Å². The van der Waals surface area contributed by atoms with E-state index in [4.69, 9.17) is 4.74 Å². The highest BCUT2D eigenvalue weighted by Crippen LogP contribution is 2.19. The van der Waals surface area contributed by atoms with Crippen LogP contribution in [0.2, 0.25) is 0 Å². The molecule has 0 bridgehead atoms. The topological polar surface area (TPSA) is 100 Å². The lowest BCUT2D eigenvalue weighted by molar-refractivity contribution is -0.145. The number of aryl methyl sites for hydroxylation is 1. The van der Waals surface area contributed by atoms with E-state index in [9.17, 15) is 14.4 Å². The van der Waals surface area contributed by atoms with E-state index in [2.05, 4.69) is 15.6 Å². The van der Waals surface area contributed by atoms with E-state index in [-0.39, 0.29) is 24.5 Å². The number of carbonyl (C=O) groups excluding carboxylic acids is 3. The highest BCUT2D eigenvalue weighted by molar-refractivity contribution is 6.10. The highest BCUT2D eigenvalue weighted by atomic mass is 16.5. The first-order valence-corrected chi connectivity index (χ1v) is 11.5. The quantitative estimate of drug-likeness (QED) is 0.328. The molecule has 3 aromatic carbocycles. The van der Waals surface area contributed by atoms with Gasteiger partial charge >= 0.3 is 5.97 Å². The second-order valence-electron chi connectivity index (χ2n) is 8.24. The number of carbonyl (C=O) groups is 3. The largest absolute Gasteiger partial charge is 0.464 e. The SMILES string of the molecule is CCOC(=O)C(Cc1ccc(C)cc1)NC(=O)c1ccccc1NC(=O)c1cc2ccccc2[nH]1. The van der Waals surface area contributed by atoms with Gasteiger partial charge in [-0.05, 0) is 43.7 Å². The summed E-state index contributed by atoms with van der Waals surface area (Å²) in [5.41, 5.74) is 3.81. The van der Waals surface area contributed by atoms with Crippen LogP contribution in [0.15, 0.2) is 78.9 Å². The molecule has 7 heteroatoms. The van der Waals surface area contributed by atoms with Crippen LogP contribution in [0.4, 0.5) is 5.69 Å². The van der Waals surface area contributed by atoms with Crippen molar-refractivity contribution >= 4 is 34.4 Å². The summed E-state index contributed by atoms with van der Waals surface area (Å²) in [6.07, 6.45) is 0.286. The molecule has 0 aliphatic carbocycles. The molecule has 178 valence electrons. The van der Waals surface area contributed by atoms with Crippen LogP contribution < -0.4 is 10.6 Å². The zero-order chi connectivity index (χ0) is 24.8. The van der Waals surface area contributed by atoms with Crippen molar-refractivity contribution in [3.8, 4) is 0 Å². The summed E-state index contributed by atoms with van der Waals surface area (Å²) >= 11 is 0. The van der Waals surface area contributed by atoms with E-state index in [1.807, 2.05) is 55.5 Å². The van der Waals surface area contributed by atoms with Crippen molar-refractivity contribution in [3.63, 3.8) is 0 Å². The Bertz CT molecular complexity index is 1330. The zero-order valence-corrected chi connectivity index (χ0v) is 19.6. The van der Waals surface area contributed by atoms with Crippen LogP contribution >= 0.6 is 0 Å². The molecule has 2 amide bonds. The summed E-state index contributed by atoms with van der Waals surface area (Å²) in [7, 11) is 0. The maximum absolute atomic E-state index is 13.2. The highest BCUT2D eigenvalue weighted by Gasteiger charge is 2.25. The molecule has 0 aliphatic rings. The van der Waals surface area contributed by atoms with Crippen LogP contribution in [-0.2, 0) is 16.0 Å². The standard InChI is InChI=1S/C28H27N3O4/c1-3-35-28(34)25(16-19-14-12-18(2)13-15-19)31-26(32)21-9-5-7-11-23(21)30-27(33)24-17-20-8-4-6-10-22(20)29-24/h4-15,17,25,29H,3,16H2,1-2H3,(H,30,33)(H,31,32). The molecule has 0 radical (unpaired) electrons. The number of aromatic amines is 1. The van der Waals surface area contributed by atoms with Crippen LogP contribution in [0, 0.1) is 6.92 Å². The summed E-state index contributed by atoms with van der Waals surface area (Å²) in [5, 5.41) is 6.50. The molecule has 0 saturated carbocycles. The third-order valence-electron chi connectivity index (χ3n) is 5.63. The fraction of sp³-hybridized carbons (Fsp3) is 0.179. The maximum atomic E-state index is 13.2. The van der Waals surface area contributed by atoms with Gasteiger partial charge in [0, 0.05) is 17.3 Å². The fourth-order valence-corrected chi connectivity index (χ4v) is 3.81. The number of esters is 1. The summed E-state index contributed by atoms with van der Waals surface area (Å²) in [6, 6.07) is 22.9. The number of fused-ring (bicyclic) bond motifs is 1. The molecular formula is C28H27N3O4. The van der Waals surface area contributed by atoms with Gasteiger partial charge in [0.15, 0.2) is 0 Å². The molecule has 0 fully saturated rings. The first-order valence-electron chi connectivity index (χ1n) is 11.5. The normalized spacial score (nSPS) is 11.6. The third-order valence-corrected chi connectivity index (χ3v) is 5.63. The second-order valence-corrected chi connectivity index (χ2v) is 8.24. The Kier molecular flexibility index (Phi) is 7.26. The molecule has 1 atom stereocenters. The van der Waals surface area contributed by atoms with Gasteiger partial charge in [0.2, 0.25) is 0 Å². The molecule has 1 heterocycles. The molecule has 1 aromatic heterocycles. The van der Waals surface area contributed by atoms with Gasteiger partial charge in [0.25, 0.3) is 11.8 Å². The van der Waals surface area contributed by atoms with E-state index < -0.39 is 17.9 Å². The van der Waals surface area contributed by atoms with E-state index in [0.29, 0.717) is 11.4 Å². The van der Waals surface area contributed by atoms with E-state index in [1.165, 1.54) is 0 Å². The molecule has 3 N–H and O–H groups in total. The fourth-order valence-electron chi connectivity index (χ4n) is 3.81. The van der Waals surface area contributed by atoms with Crippen molar-refractivity contribution in [1.82, 2.24) is 10.3 Å². The van der Waals surface area contributed by atoms with Gasteiger partial charge in [0.05, 0.1) is 17.9 Å². The first-order chi connectivity index (χ1) is 16.9. The average molecular weight is 470 g/mol. The van der Waals surface area contributed by atoms with Gasteiger partial charge in [-0.2, -0.15) is 0 Å². The minimum atomic E-state index is -0.873. The Morgan fingerprint density at radius 2 is 1.63 bits per heavy atom. The van der Waals surface area contributed by atoms with Gasteiger partial charge < -0.3 is 20.4 Å². The molecule has 1 unspecified atom stereocenters. The molecule has 4 aromatic rings. The van der Waals surface area contributed by atoms with E-state index in [0.717, 1.165) is 22.0 Å². The second kappa shape index (κ2) is 10.7. The van der Waals surface area contributed by atoms with E-state index >= 15 is 0 Å². The van der Waals surface area contributed by atoms with Crippen molar-refractivity contribution < 1.29 is 19.1 Å². The Hall–Kier alpha value is -4.39. The lowest BCUT2D eigenvalue weighted by Gasteiger charge is -2.19. The van der Waals surface area contributed by atoms with Crippen molar-refractivity contribution in [2.24, 2.45) is 0 Å². The van der Waals surface area contributed by atoms with Gasteiger partial charge in [-0.15, -0.1) is 0 Å². The lowest BCUT2D eigenvalue weighted by atomic mass is 10.0. The number of hydrogen-bond acceptors (Lipinski definition) is 4. The van der Waals surface area contributed by atoms with Gasteiger partial charge in [-0.1, -0.05) is 60.2 Å². The molecule has 0 aliphatic heterocycles. The number of H-pyrrole nitrogens is 1. The van der Waals surface area contributed by atoms with Crippen LogP contribution in [0.5, 0.6) is 0 Å². The Morgan fingerprint density at radius 3 is 2.37 bits per heavy atom. The van der Waals surface area contributed by atoms with Crippen molar-refractivity contribution in [2.45, 2.75) is 26.3 Å². The summed E-state index contributed by atoms with van der Waals surface area (Å²) < 4.78 is 5.19. The lowest BCUT2D eigenvalue weighted by Crippen LogP contribution is -2.43. The predicted molar refractivity (Wildman–Crippen MR) is 135 cm³/mol. The van der Waals surface area contributed by atoms with Gasteiger partial charge in [-0.3, -0.25) is 9.59 Å². The van der Waals surface area contributed by atoms with E-state index in [1.54, 1.807) is 37.3 Å². The summed E-state index contributed by atoms with van der Waals surface area (Å²) in [4.78, 5) is 41.8. The minimum Gasteiger partial charge on any atom is -0.464 e. The molecular weight excluding hydrogens is 442 g/mol. The Labute approximate surface area is 203 Å². The Balaban J connectivity index is 1.53. The van der Waals surface area contributed by atoms with Crippen LogP contribution in [-0.4, -0.2) is 35.4 Å². The maximum Gasteiger partial charge on any atom is 0.328 e. The minimum absolute atomic E-state index is 0.205. The number of nitrogens with one attached hydrogen (secondary N) is 3. The number of anilines is 1. The first kappa shape index (κ1) is 23.8. The summed E-state index contributed by atoms with van der Waals surface area (Å²) in [5.74, 6) is -1.37. The number of amides is 2. The van der Waals surface area contributed by atoms with Crippen molar-refractivity contribution in [1.29, 1.82) is 0 Å². The molecule has 0 saturated heterocycles. The van der Waals surface area contributed by atoms with Gasteiger partial charge in [-0.25, -0.2) is 4.79 Å². The van der Waals surface area contributed by atoms with Crippen molar-refractivity contribution in [3.05, 3.63) is 101 Å². The third kappa shape index (κ3) is 5.76. The molecule has 0 spiro atoms. The molecule has 7 nitrogen and oxygen atoms in total. The monoisotopic (exact) mass is 469 g/mol. The zero-order valence-electron chi connectivity index (χ0n) is 19.6. The molecule has 4 rings (SSSR count). The number of hydrogen-bond donors (Lipinski definition) is 3. The van der Waals surface area contributed by atoms with Crippen LogP contribution in [0.1, 0.15) is 38.9 Å². The molecule has 35 heavy (non-hydrogen) atoms. The number of ether oxygens (including phenoxy) is 1. The Morgan fingerprint density at radius 1 is 0.914 bits per heavy atom. The number of para-hydroxylation sites is 2. The number of rotatable bonds is 8. The average Bonchev–Trinajstić information content (AvgIpc) is 3.30. The van der Waals surface area contributed by atoms with Gasteiger partial charge in [0.1, 0.15) is 11.7 Å². The number of aromatic nitrogens is 1. The van der Waals surface area contributed by atoms with Crippen LogP contribution in [0.25, 0.3) is 10.9 Å². The summed E-state index contributed by atoms with van der Waals surface area (Å²) in [6.45, 7) is 3.91. The predicted octanol–water partition coefficient (Wildman–Crippen LogP) is 4.63.